The highest BCUT2D eigenvalue weighted by Crippen LogP contribution is 2.27. The van der Waals surface area contributed by atoms with Gasteiger partial charge in [0, 0.05) is 29.9 Å². The third-order valence-electron chi connectivity index (χ3n) is 4.65. The van der Waals surface area contributed by atoms with Crippen molar-refractivity contribution < 1.29 is 13.9 Å². The van der Waals surface area contributed by atoms with E-state index in [1.165, 1.54) is 5.56 Å². The Balaban J connectivity index is 1.68. The van der Waals surface area contributed by atoms with Gasteiger partial charge in [-0.15, -0.1) is 10.2 Å². The summed E-state index contributed by atoms with van der Waals surface area (Å²) in [4.78, 5) is 0. The highest BCUT2D eigenvalue weighted by molar-refractivity contribution is 5.59. The predicted molar refractivity (Wildman–Crippen MR) is 126 cm³/mol. The molecule has 0 fully saturated rings. The molecule has 0 bridgehead atoms. The van der Waals surface area contributed by atoms with Gasteiger partial charge in [0.25, 0.3) is 0 Å². The number of benzene rings is 2. The van der Waals surface area contributed by atoms with Crippen molar-refractivity contribution in [1.29, 1.82) is 0 Å². The summed E-state index contributed by atoms with van der Waals surface area (Å²) in [6.45, 7) is 11.4. The van der Waals surface area contributed by atoms with Crippen molar-refractivity contribution in [3.63, 3.8) is 0 Å². The molecule has 164 valence electrons. The molecular weight excluding hydrogens is 400 g/mol. The lowest BCUT2D eigenvalue weighted by molar-refractivity contribution is -0.0969. The summed E-state index contributed by atoms with van der Waals surface area (Å²) < 4.78 is 16.6. The van der Waals surface area contributed by atoms with Gasteiger partial charge in [-0.3, -0.25) is 0 Å². The molecule has 0 saturated carbocycles. The summed E-state index contributed by atoms with van der Waals surface area (Å²) in [7, 11) is 0. The van der Waals surface area contributed by atoms with E-state index in [4.69, 9.17) is 13.9 Å². The van der Waals surface area contributed by atoms with E-state index in [-0.39, 0.29) is 5.41 Å². The van der Waals surface area contributed by atoms with E-state index in [2.05, 4.69) is 66.8 Å². The minimum absolute atomic E-state index is 0.100. The highest BCUT2D eigenvalue weighted by Gasteiger charge is 2.15. The molecule has 5 nitrogen and oxygen atoms in total. The van der Waals surface area contributed by atoms with Crippen molar-refractivity contribution in [1.82, 2.24) is 10.2 Å². The Kier molecular flexibility index (Phi) is 7.84. The zero-order chi connectivity index (χ0) is 23.0. The molecule has 5 heteroatoms. The number of hydrogen-bond acceptors (Lipinski definition) is 5. The van der Waals surface area contributed by atoms with Gasteiger partial charge < -0.3 is 13.9 Å². The smallest absolute Gasteiger partial charge is 0.248 e. The number of ether oxygens (including phenoxy) is 2. The Bertz CT molecular complexity index is 1130. The monoisotopic (exact) mass is 428 g/mol. The molecule has 0 spiro atoms. The second-order valence-corrected chi connectivity index (χ2v) is 8.08. The van der Waals surface area contributed by atoms with Crippen LogP contribution in [0.1, 0.15) is 45.7 Å². The van der Waals surface area contributed by atoms with Crippen LogP contribution in [0.5, 0.6) is 0 Å². The minimum Gasteiger partial charge on any atom is -0.416 e. The second kappa shape index (κ2) is 10.8. The summed E-state index contributed by atoms with van der Waals surface area (Å²) in [6, 6.07) is 15.8. The quantitative estimate of drug-likeness (QED) is 0.386. The maximum Gasteiger partial charge on any atom is 0.248 e. The van der Waals surface area contributed by atoms with Gasteiger partial charge >= 0.3 is 0 Å². The fourth-order valence-corrected chi connectivity index (χ4v) is 2.90. The van der Waals surface area contributed by atoms with Crippen molar-refractivity contribution in [2.45, 2.75) is 46.3 Å². The van der Waals surface area contributed by atoms with E-state index in [0.717, 1.165) is 16.7 Å². The summed E-state index contributed by atoms with van der Waals surface area (Å²) in [5, 5.41) is 8.39. The van der Waals surface area contributed by atoms with Gasteiger partial charge in [0.05, 0.1) is 0 Å². The second-order valence-electron chi connectivity index (χ2n) is 8.08. The molecule has 0 unspecified atom stereocenters. The van der Waals surface area contributed by atoms with Crippen LogP contribution in [-0.2, 0) is 14.9 Å². The van der Waals surface area contributed by atoms with E-state index in [1.807, 2.05) is 50.2 Å². The first-order chi connectivity index (χ1) is 15.4. The first-order valence-corrected chi connectivity index (χ1v) is 10.7. The Morgan fingerprint density at radius 1 is 0.812 bits per heavy atom. The first-order valence-electron chi connectivity index (χ1n) is 10.7. The Hall–Kier alpha value is -3.38. The molecule has 0 aliphatic rings. The summed E-state index contributed by atoms with van der Waals surface area (Å²) >= 11 is 0. The lowest BCUT2D eigenvalue weighted by atomic mass is 9.87. The fraction of sp³-hybridized carbons (Fsp3) is 0.333. The maximum absolute atomic E-state index is 5.88. The lowest BCUT2D eigenvalue weighted by Gasteiger charge is -2.18. The Morgan fingerprint density at radius 2 is 1.34 bits per heavy atom. The van der Waals surface area contributed by atoms with Crippen molar-refractivity contribution in [3.8, 4) is 46.6 Å². The lowest BCUT2D eigenvalue weighted by Crippen LogP contribution is -2.14. The molecule has 32 heavy (non-hydrogen) atoms. The molecule has 3 rings (SSSR count). The molecule has 2 aromatic carbocycles. The molecule has 0 atom stereocenters. The van der Waals surface area contributed by atoms with Gasteiger partial charge in [0.2, 0.25) is 18.1 Å². The molecule has 3 aromatic rings. The van der Waals surface area contributed by atoms with Crippen LogP contribution in [0.3, 0.4) is 0 Å². The molecule has 0 aliphatic heterocycles. The van der Waals surface area contributed by atoms with Gasteiger partial charge in [-0.2, -0.15) is 0 Å². The normalized spacial score (nSPS) is 10.9. The first kappa shape index (κ1) is 23.3. The van der Waals surface area contributed by atoms with Crippen molar-refractivity contribution in [2.24, 2.45) is 0 Å². The predicted octanol–water partition coefficient (Wildman–Crippen LogP) is 5.46. The van der Waals surface area contributed by atoms with Crippen LogP contribution in [0.25, 0.3) is 22.9 Å². The largest absolute Gasteiger partial charge is 0.416 e. The summed E-state index contributed by atoms with van der Waals surface area (Å²) in [5.41, 5.74) is 3.93. The molecule has 1 aromatic heterocycles. The van der Waals surface area contributed by atoms with Crippen molar-refractivity contribution >= 4 is 0 Å². The van der Waals surface area contributed by atoms with Crippen LogP contribution in [0.15, 0.2) is 52.9 Å². The zero-order valence-electron chi connectivity index (χ0n) is 19.2. The molecule has 0 aliphatic carbocycles. The van der Waals surface area contributed by atoms with Crippen LogP contribution >= 0.6 is 0 Å². The number of hydrogen-bond donors (Lipinski definition) is 0. The van der Waals surface area contributed by atoms with Crippen molar-refractivity contribution in [3.05, 3.63) is 59.7 Å². The number of rotatable bonds is 6. The van der Waals surface area contributed by atoms with Gasteiger partial charge in [0.1, 0.15) is 0 Å². The molecule has 0 radical (unpaired) electrons. The van der Waals surface area contributed by atoms with E-state index in [1.54, 1.807) is 0 Å². The highest BCUT2D eigenvalue weighted by atomic mass is 16.7. The van der Waals surface area contributed by atoms with E-state index < -0.39 is 6.29 Å². The molecule has 1 heterocycles. The van der Waals surface area contributed by atoms with Gasteiger partial charge in [-0.25, -0.2) is 0 Å². The van der Waals surface area contributed by atoms with Crippen LogP contribution < -0.4 is 0 Å². The van der Waals surface area contributed by atoms with Crippen LogP contribution in [-0.4, -0.2) is 29.7 Å². The Morgan fingerprint density at radius 3 is 1.84 bits per heavy atom. The van der Waals surface area contributed by atoms with Gasteiger partial charge in [0.15, 0.2) is 0 Å². The van der Waals surface area contributed by atoms with E-state index in [9.17, 15) is 0 Å². The van der Waals surface area contributed by atoms with Crippen molar-refractivity contribution in [2.75, 3.05) is 13.2 Å². The standard InChI is InChI=1S/C27H28N2O3/c1-6-30-24(31-7-2)11-9-8-10-20-12-14-21(15-13-20)25-28-29-26(32-25)22-16-18-23(19-17-22)27(3,4)5/h12-19,24H,6-7H2,1-5H3. The summed E-state index contributed by atoms with van der Waals surface area (Å²) in [6.07, 6.45) is -0.543. The average molecular weight is 429 g/mol. The third-order valence-corrected chi connectivity index (χ3v) is 4.65. The topological polar surface area (TPSA) is 57.4 Å². The zero-order valence-corrected chi connectivity index (χ0v) is 19.2. The molecule has 0 amide bonds. The van der Waals surface area contributed by atoms with Gasteiger partial charge in [-0.05, 0) is 79.0 Å². The van der Waals surface area contributed by atoms with Crippen LogP contribution in [0.4, 0.5) is 0 Å². The molecular formula is C27H28N2O3. The summed E-state index contributed by atoms with van der Waals surface area (Å²) in [5.74, 6) is 12.4. The van der Waals surface area contributed by atoms with E-state index in [0.29, 0.717) is 25.0 Å². The van der Waals surface area contributed by atoms with Crippen LogP contribution in [0.2, 0.25) is 0 Å². The Labute approximate surface area is 190 Å². The SMILES string of the molecule is CCOC(C#CC#Cc1ccc(-c2nnc(-c3ccc(C(C)(C)C)cc3)o2)cc1)OCC. The minimum atomic E-state index is -0.543. The fourth-order valence-electron chi connectivity index (χ4n) is 2.90. The molecule has 0 saturated heterocycles. The maximum atomic E-state index is 5.88. The molecule has 0 N–H and O–H groups in total. The third kappa shape index (κ3) is 6.31. The van der Waals surface area contributed by atoms with Crippen LogP contribution in [0, 0.1) is 23.7 Å². The number of nitrogens with zero attached hydrogens (tertiary/aromatic N) is 2. The van der Waals surface area contributed by atoms with E-state index >= 15 is 0 Å². The van der Waals surface area contributed by atoms with Gasteiger partial charge in [-0.1, -0.05) is 38.8 Å². The number of aromatic nitrogens is 2. The average Bonchev–Trinajstić information content (AvgIpc) is 3.27.